The molecule has 1 aromatic carbocycles. The molecule has 3 atom stereocenters. The third-order valence-corrected chi connectivity index (χ3v) is 7.24. The summed E-state index contributed by atoms with van der Waals surface area (Å²) in [6.45, 7) is 12.1. The molecule has 0 spiro atoms. The van der Waals surface area contributed by atoms with E-state index in [4.69, 9.17) is 9.47 Å². The minimum atomic E-state index is 0.0965. The number of carbonyl (C=O) groups excluding carboxylic acids is 1. The lowest BCUT2D eigenvalue weighted by Gasteiger charge is -2.47. The highest BCUT2D eigenvalue weighted by atomic mass is 16.5. The molecule has 0 saturated carbocycles. The van der Waals surface area contributed by atoms with Gasteiger partial charge in [0.05, 0.1) is 38.0 Å². The topological polar surface area (TPSA) is 54.0 Å². The van der Waals surface area contributed by atoms with E-state index in [9.17, 15) is 4.79 Å². The van der Waals surface area contributed by atoms with Crippen LogP contribution in [0.4, 0.5) is 4.79 Å². The van der Waals surface area contributed by atoms with Gasteiger partial charge in [-0.3, -0.25) is 0 Å². The molecule has 5 aliphatic rings. The monoisotopic (exact) mass is 413 g/mol. The Morgan fingerprint density at radius 1 is 1.20 bits per heavy atom. The second-order valence-corrected chi connectivity index (χ2v) is 10.3. The normalized spacial score (nSPS) is 29.1. The molecule has 4 saturated heterocycles. The van der Waals surface area contributed by atoms with Crippen molar-refractivity contribution < 1.29 is 14.3 Å². The number of carbonyl (C=O) groups is 1. The van der Waals surface area contributed by atoms with Crippen LogP contribution in [0.1, 0.15) is 61.9 Å². The third kappa shape index (κ3) is 3.74. The molecule has 4 fully saturated rings. The zero-order valence-corrected chi connectivity index (χ0v) is 18.6. The van der Waals surface area contributed by atoms with Gasteiger partial charge in [0.2, 0.25) is 0 Å². The van der Waals surface area contributed by atoms with Crippen LogP contribution < -0.4 is 5.32 Å². The number of urea groups is 1. The smallest absolute Gasteiger partial charge is 0.320 e. The van der Waals surface area contributed by atoms with Gasteiger partial charge in [0.25, 0.3) is 0 Å². The van der Waals surface area contributed by atoms with E-state index in [1.54, 1.807) is 0 Å². The minimum Gasteiger partial charge on any atom is -0.378 e. The number of hydrogen-bond donors (Lipinski definition) is 1. The van der Waals surface area contributed by atoms with Crippen LogP contribution in [0.25, 0.3) is 0 Å². The average Bonchev–Trinajstić information content (AvgIpc) is 2.78. The van der Waals surface area contributed by atoms with Gasteiger partial charge < -0.3 is 24.6 Å². The second kappa shape index (κ2) is 7.81. The summed E-state index contributed by atoms with van der Waals surface area (Å²) in [5.41, 5.74) is 5.51. The van der Waals surface area contributed by atoms with Gasteiger partial charge in [-0.25, -0.2) is 4.79 Å². The first-order valence-corrected chi connectivity index (χ1v) is 11.5. The molecule has 5 heterocycles. The number of fused-ring (bicyclic) bond motifs is 4. The summed E-state index contributed by atoms with van der Waals surface area (Å²) in [4.78, 5) is 17.6. The summed E-state index contributed by atoms with van der Waals surface area (Å²) in [5, 5.41) is 3.64. The Labute approximate surface area is 179 Å². The number of morpholine rings is 2. The van der Waals surface area contributed by atoms with Crippen LogP contribution in [0.3, 0.4) is 0 Å². The fourth-order valence-electron chi connectivity index (χ4n) is 5.34. The number of hydrogen-bond acceptors (Lipinski definition) is 4. The van der Waals surface area contributed by atoms with Crippen molar-refractivity contribution in [1.29, 1.82) is 0 Å². The highest BCUT2D eigenvalue weighted by Gasteiger charge is 2.40. The molecule has 1 aromatic rings. The van der Waals surface area contributed by atoms with Crippen molar-refractivity contribution in [3.05, 3.63) is 34.4 Å². The molecule has 6 rings (SSSR count). The Balaban J connectivity index is 1.44. The van der Waals surface area contributed by atoms with Crippen molar-refractivity contribution in [2.45, 2.75) is 70.2 Å². The zero-order chi connectivity index (χ0) is 20.9. The molecule has 1 unspecified atom stereocenters. The maximum atomic E-state index is 13.4. The predicted octanol–water partition coefficient (Wildman–Crippen LogP) is 2.99. The lowest BCUT2D eigenvalue weighted by molar-refractivity contribution is -0.0923. The number of rotatable bonds is 1. The van der Waals surface area contributed by atoms with Crippen molar-refractivity contribution >= 4 is 6.03 Å². The van der Waals surface area contributed by atoms with Crippen LogP contribution in [-0.2, 0) is 27.9 Å². The maximum Gasteiger partial charge on any atom is 0.320 e. The summed E-state index contributed by atoms with van der Waals surface area (Å²) in [6, 6.07) is 5.37. The summed E-state index contributed by atoms with van der Waals surface area (Å²) in [6.07, 6.45) is 3.31. The van der Waals surface area contributed by atoms with E-state index in [1.807, 2.05) is 0 Å². The summed E-state index contributed by atoms with van der Waals surface area (Å²) < 4.78 is 11.6. The van der Waals surface area contributed by atoms with Crippen molar-refractivity contribution in [2.75, 3.05) is 39.5 Å². The largest absolute Gasteiger partial charge is 0.378 e. The van der Waals surface area contributed by atoms with E-state index in [0.29, 0.717) is 19.8 Å². The average molecular weight is 414 g/mol. The van der Waals surface area contributed by atoms with Crippen molar-refractivity contribution in [3.63, 3.8) is 0 Å². The lowest BCUT2D eigenvalue weighted by Crippen LogP contribution is -2.60. The Kier molecular flexibility index (Phi) is 5.28. The summed E-state index contributed by atoms with van der Waals surface area (Å²) in [7, 11) is 0. The standard InChI is InChI=1S/C24H35N3O3/c1-24(2,3)17-10-16-6-8-26(23(28)27-12-19-5-4-18(27)14-30-19)13-21(16)20(11-17)22-15-29-9-7-25-22/h10-11,18-19,22,25H,4-9,12-15H2,1-3H3/t18-,19?,22-/m0/s1. The van der Waals surface area contributed by atoms with Gasteiger partial charge in [-0.2, -0.15) is 0 Å². The number of benzene rings is 1. The molecule has 6 heteroatoms. The van der Waals surface area contributed by atoms with E-state index in [0.717, 1.165) is 45.5 Å². The maximum absolute atomic E-state index is 13.4. The SMILES string of the molecule is CC(C)(C)c1cc2c(c([C@@H]3COCCN3)c1)CN(C(=O)N1CC3CC[C@H]1CO3)CC2. The first kappa shape index (κ1) is 20.3. The molecule has 6 nitrogen and oxygen atoms in total. The highest BCUT2D eigenvalue weighted by Crippen LogP contribution is 2.35. The molecule has 30 heavy (non-hydrogen) atoms. The third-order valence-electron chi connectivity index (χ3n) is 7.24. The van der Waals surface area contributed by atoms with Gasteiger partial charge in [0.15, 0.2) is 0 Å². The van der Waals surface area contributed by atoms with E-state index in [2.05, 4.69) is 48.0 Å². The molecule has 2 amide bonds. The van der Waals surface area contributed by atoms with Crippen LogP contribution in [0, 0.1) is 0 Å². The Bertz CT molecular complexity index is 805. The van der Waals surface area contributed by atoms with Crippen LogP contribution in [0.5, 0.6) is 0 Å². The van der Waals surface area contributed by atoms with Gasteiger partial charge in [-0.15, -0.1) is 0 Å². The molecular weight excluding hydrogens is 378 g/mol. The molecule has 1 N–H and O–H groups in total. The molecule has 2 bridgehead atoms. The summed E-state index contributed by atoms with van der Waals surface area (Å²) in [5.74, 6) is 0. The molecule has 0 aromatic heterocycles. The minimum absolute atomic E-state index is 0.0965. The van der Waals surface area contributed by atoms with Crippen LogP contribution in [-0.4, -0.2) is 67.4 Å². The second-order valence-electron chi connectivity index (χ2n) is 10.3. The predicted molar refractivity (Wildman–Crippen MR) is 116 cm³/mol. The lowest BCUT2D eigenvalue weighted by atomic mass is 9.80. The number of nitrogens with zero attached hydrogens (tertiary/aromatic N) is 2. The Hall–Kier alpha value is -1.63. The summed E-state index contributed by atoms with van der Waals surface area (Å²) >= 11 is 0. The number of ether oxygens (including phenoxy) is 2. The molecule has 0 radical (unpaired) electrons. The van der Waals surface area contributed by atoms with Crippen LogP contribution in [0.15, 0.2) is 12.1 Å². The van der Waals surface area contributed by atoms with Crippen LogP contribution in [0.2, 0.25) is 0 Å². The number of nitrogens with one attached hydrogen (secondary N) is 1. The number of piperidine rings is 1. The van der Waals surface area contributed by atoms with Gasteiger partial charge >= 0.3 is 6.03 Å². The molecule has 5 aliphatic heterocycles. The van der Waals surface area contributed by atoms with E-state index in [-0.39, 0.29) is 29.6 Å². The van der Waals surface area contributed by atoms with E-state index >= 15 is 0 Å². The number of amides is 2. The molecule has 0 aliphatic carbocycles. The van der Waals surface area contributed by atoms with Crippen molar-refractivity contribution in [3.8, 4) is 0 Å². The van der Waals surface area contributed by atoms with Crippen molar-refractivity contribution in [2.24, 2.45) is 0 Å². The fourth-order valence-corrected chi connectivity index (χ4v) is 5.34. The van der Waals surface area contributed by atoms with Gasteiger partial charge in [-0.05, 0) is 46.9 Å². The van der Waals surface area contributed by atoms with Crippen LogP contribution >= 0.6 is 0 Å². The molecular formula is C24H35N3O3. The fraction of sp³-hybridized carbons (Fsp3) is 0.708. The quantitative estimate of drug-likeness (QED) is 0.769. The molecule has 164 valence electrons. The Morgan fingerprint density at radius 2 is 2.07 bits per heavy atom. The van der Waals surface area contributed by atoms with Gasteiger partial charge in [-0.1, -0.05) is 32.9 Å². The van der Waals surface area contributed by atoms with Gasteiger partial charge in [0, 0.05) is 26.2 Å². The Morgan fingerprint density at radius 3 is 2.70 bits per heavy atom. The van der Waals surface area contributed by atoms with E-state index < -0.39 is 0 Å². The van der Waals surface area contributed by atoms with Gasteiger partial charge in [0.1, 0.15) is 0 Å². The first-order chi connectivity index (χ1) is 14.4. The van der Waals surface area contributed by atoms with Crippen molar-refractivity contribution in [1.82, 2.24) is 15.1 Å². The van der Waals surface area contributed by atoms with E-state index in [1.165, 1.54) is 22.3 Å². The highest BCUT2D eigenvalue weighted by molar-refractivity contribution is 5.75. The first-order valence-electron chi connectivity index (χ1n) is 11.5. The zero-order valence-electron chi connectivity index (χ0n) is 18.6.